The maximum Gasteiger partial charge on any atom is 0.416 e. The van der Waals surface area contributed by atoms with Gasteiger partial charge in [0.25, 0.3) is 5.91 Å². The molecule has 0 aliphatic carbocycles. The van der Waals surface area contributed by atoms with Gasteiger partial charge < -0.3 is 24.6 Å². The number of methoxy groups -OCH3 is 3. The van der Waals surface area contributed by atoms with Crippen LogP contribution >= 0.6 is 11.6 Å². The van der Waals surface area contributed by atoms with Crippen LogP contribution in [0.3, 0.4) is 0 Å². The van der Waals surface area contributed by atoms with Crippen molar-refractivity contribution in [3.63, 3.8) is 0 Å². The maximum atomic E-state index is 13.6. The Morgan fingerprint density at radius 3 is 2.22 bits per heavy atom. The molecule has 228 valence electrons. The first-order chi connectivity index (χ1) is 19.4. The molecule has 0 atom stereocenters. The number of carbonyl (C=O) groups is 1. The number of benzene rings is 2. The van der Waals surface area contributed by atoms with Crippen molar-refractivity contribution < 1.29 is 37.3 Å². The Morgan fingerprint density at radius 2 is 1.66 bits per heavy atom. The third-order valence-corrected chi connectivity index (χ3v) is 6.50. The fourth-order valence-electron chi connectivity index (χ4n) is 4.22. The number of aliphatic imine (C=N–C) groups is 1. The summed E-state index contributed by atoms with van der Waals surface area (Å²) in [6, 6.07) is 5.04. The van der Waals surface area contributed by atoms with Crippen LogP contribution < -0.4 is 5.32 Å². The molecule has 0 aliphatic rings. The standard InChI is InChI=1S/C29H39ClF3N3O5/c1-6-7-8-20-13-23(29(31,32)33)14-22(18-41-5)26(20)34-19(2)35-28(38)25-16-24(30)15-21(27(25)37)17-36(9-11-39-3)10-12-40-4/h13-16,37H,6-12,17-18H2,1-5H3,(H,34,35,38). The molecule has 0 fully saturated rings. The van der Waals surface area contributed by atoms with Crippen molar-refractivity contribution >= 4 is 29.0 Å². The Labute approximate surface area is 244 Å². The Bertz CT molecular complexity index is 1180. The van der Waals surface area contributed by atoms with Crippen LogP contribution in [0.15, 0.2) is 29.3 Å². The van der Waals surface area contributed by atoms with Gasteiger partial charge in [-0.3, -0.25) is 9.69 Å². The number of unbranched alkanes of at least 4 members (excludes halogenated alkanes) is 1. The molecule has 0 bridgehead atoms. The van der Waals surface area contributed by atoms with Crippen molar-refractivity contribution in [2.75, 3.05) is 47.6 Å². The zero-order chi connectivity index (χ0) is 30.6. The number of hydrogen-bond donors (Lipinski definition) is 2. The third kappa shape index (κ3) is 10.6. The minimum absolute atomic E-state index is 0.0591. The number of hydrogen-bond acceptors (Lipinski definition) is 7. The van der Waals surface area contributed by atoms with Gasteiger partial charge in [0.15, 0.2) is 0 Å². The summed E-state index contributed by atoms with van der Waals surface area (Å²) in [5.41, 5.74) is 0.573. The molecular formula is C29H39ClF3N3O5. The summed E-state index contributed by atoms with van der Waals surface area (Å²) < 4.78 is 56.2. The van der Waals surface area contributed by atoms with Gasteiger partial charge in [-0.15, -0.1) is 0 Å². The van der Waals surface area contributed by atoms with E-state index in [-0.39, 0.29) is 34.3 Å². The quantitative estimate of drug-likeness (QED) is 0.189. The van der Waals surface area contributed by atoms with E-state index >= 15 is 0 Å². The number of aromatic hydroxyl groups is 1. The highest BCUT2D eigenvalue weighted by Gasteiger charge is 2.32. The number of alkyl halides is 3. The maximum absolute atomic E-state index is 13.6. The Morgan fingerprint density at radius 1 is 1.02 bits per heavy atom. The first-order valence-electron chi connectivity index (χ1n) is 13.2. The van der Waals surface area contributed by atoms with E-state index in [0.29, 0.717) is 62.5 Å². The van der Waals surface area contributed by atoms with Crippen molar-refractivity contribution in [1.29, 1.82) is 0 Å². The second-order valence-electron chi connectivity index (χ2n) is 9.55. The van der Waals surface area contributed by atoms with E-state index in [1.54, 1.807) is 20.3 Å². The molecule has 0 heterocycles. The van der Waals surface area contributed by atoms with Crippen LogP contribution in [0.1, 0.15) is 59.3 Å². The van der Waals surface area contributed by atoms with Crippen LogP contribution in [0.5, 0.6) is 5.75 Å². The van der Waals surface area contributed by atoms with Gasteiger partial charge >= 0.3 is 6.18 Å². The van der Waals surface area contributed by atoms with Crippen LogP contribution in [-0.2, 0) is 40.0 Å². The Balaban J connectivity index is 2.42. The molecule has 8 nitrogen and oxygen atoms in total. The number of aryl methyl sites for hydroxylation is 1. The molecule has 2 rings (SSSR count). The van der Waals surface area contributed by atoms with Crippen molar-refractivity contribution in [2.24, 2.45) is 4.99 Å². The van der Waals surface area contributed by atoms with Gasteiger partial charge in [0.1, 0.15) is 11.6 Å². The highest BCUT2D eigenvalue weighted by molar-refractivity contribution is 6.31. The number of halogens is 4. The van der Waals surface area contributed by atoms with Crippen molar-refractivity contribution in [2.45, 2.75) is 52.4 Å². The SMILES string of the molecule is CCCCc1cc(C(F)(F)F)cc(COC)c1N=C(C)NC(=O)c1cc(Cl)cc(CN(CCOC)CCOC)c1O. The van der Waals surface area contributed by atoms with E-state index in [0.717, 1.165) is 18.6 Å². The lowest BCUT2D eigenvalue weighted by Crippen LogP contribution is -2.31. The highest BCUT2D eigenvalue weighted by atomic mass is 35.5. The number of rotatable bonds is 15. The summed E-state index contributed by atoms with van der Waals surface area (Å²) in [5, 5.41) is 13.9. The molecule has 0 spiro atoms. The fourth-order valence-corrected chi connectivity index (χ4v) is 4.46. The number of carbonyl (C=O) groups excluding carboxylic acids is 1. The van der Waals surface area contributed by atoms with Crippen LogP contribution in [0.25, 0.3) is 0 Å². The molecule has 0 radical (unpaired) electrons. The van der Waals surface area contributed by atoms with Gasteiger partial charge in [0, 0.05) is 57.1 Å². The van der Waals surface area contributed by atoms with Gasteiger partial charge in [0.2, 0.25) is 0 Å². The molecule has 0 unspecified atom stereocenters. The van der Waals surface area contributed by atoms with Gasteiger partial charge in [-0.25, -0.2) is 4.99 Å². The van der Waals surface area contributed by atoms with E-state index in [2.05, 4.69) is 10.3 Å². The smallest absolute Gasteiger partial charge is 0.416 e. The highest BCUT2D eigenvalue weighted by Crippen LogP contribution is 2.36. The molecular weight excluding hydrogens is 563 g/mol. The first-order valence-corrected chi connectivity index (χ1v) is 13.6. The number of phenols is 1. The van der Waals surface area contributed by atoms with Gasteiger partial charge in [-0.05, 0) is 49.6 Å². The number of nitrogens with zero attached hydrogens (tertiary/aromatic N) is 2. The largest absolute Gasteiger partial charge is 0.507 e. The van der Waals surface area contributed by atoms with Gasteiger partial charge in [-0.1, -0.05) is 24.9 Å². The summed E-state index contributed by atoms with van der Waals surface area (Å²) in [6.07, 6.45) is -2.72. The number of nitrogens with one attached hydrogen (secondary N) is 1. The van der Waals surface area contributed by atoms with Crippen LogP contribution in [-0.4, -0.2) is 69.4 Å². The molecule has 1 amide bonds. The van der Waals surface area contributed by atoms with E-state index in [1.807, 2.05) is 11.8 Å². The second-order valence-corrected chi connectivity index (χ2v) is 9.99. The first kappa shape index (κ1) is 34.5. The molecule has 0 aliphatic heterocycles. The molecule has 12 heteroatoms. The normalized spacial score (nSPS) is 12.3. The molecule has 41 heavy (non-hydrogen) atoms. The van der Waals surface area contributed by atoms with E-state index in [9.17, 15) is 23.1 Å². The summed E-state index contributed by atoms with van der Waals surface area (Å²) in [7, 11) is 4.57. The minimum atomic E-state index is -4.53. The van der Waals surface area contributed by atoms with Crippen LogP contribution in [0.4, 0.5) is 18.9 Å². The average molecular weight is 602 g/mol. The third-order valence-electron chi connectivity index (χ3n) is 6.28. The number of phenolic OH excluding ortho intramolecular Hbond substituents is 1. The summed E-state index contributed by atoms with van der Waals surface area (Å²) in [5.74, 6) is -0.770. The average Bonchev–Trinajstić information content (AvgIpc) is 2.91. The molecule has 2 aromatic carbocycles. The van der Waals surface area contributed by atoms with Crippen molar-refractivity contribution in [3.8, 4) is 5.75 Å². The van der Waals surface area contributed by atoms with Gasteiger partial charge in [0.05, 0.1) is 36.6 Å². The zero-order valence-electron chi connectivity index (χ0n) is 24.2. The predicted molar refractivity (Wildman–Crippen MR) is 153 cm³/mol. The number of amides is 1. The fraction of sp³-hybridized carbons (Fsp3) is 0.517. The van der Waals surface area contributed by atoms with E-state index in [4.69, 9.17) is 25.8 Å². The van der Waals surface area contributed by atoms with Crippen LogP contribution in [0.2, 0.25) is 5.02 Å². The number of amidine groups is 1. The van der Waals surface area contributed by atoms with E-state index in [1.165, 1.54) is 20.1 Å². The molecule has 0 saturated heterocycles. The lowest BCUT2D eigenvalue weighted by Gasteiger charge is -2.23. The van der Waals surface area contributed by atoms with Crippen LogP contribution in [0, 0.1) is 0 Å². The van der Waals surface area contributed by atoms with Crippen molar-refractivity contribution in [1.82, 2.24) is 10.2 Å². The predicted octanol–water partition coefficient (Wildman–Crippen LogP) is 6.13. The lowest BCUT2D eigenvalue weighted by atomic mass is 9.98. The topological polar surface area (TPSA) is 92.6 Å². The number of ether oxygens (including phenoxy) is 3. The Kier molecular flexibility index (Phi) is 14.0. The van der Waals surface area contributed by atoms with E-state index < -0.39 is 17.6 Å². The monoisotopic (exact) mass is 601 g/mol. The lowest BCUT2D eigenvalue weighted by molar-refractivity contribution is -0.137. The zero-order valence-corrected chi connectivity index (χ0v) is 24.9. The molecule has 0 aromatic heterocycles. The van der Waals surface area contributed by atoms with Crippen molar-refractivity contribution in [3.05, 3.63) is 57.1 Å². The molecule has 0 saturated carbocycles. The summed E-state index contributed by atoms with van der Waals surface area (Å²) in [6.45, 7) is 5.72. The molecule has 2 N–H and O–H groups in total. The molecule has 2 aromatic rings. The Hall–Kier alpha value is -2.70. The van der Waals surface area contributed by atoms with Gasteiger partial charge in [-0.2, -0.15) is 13.2 Å². The minimum Gasteiger partial charge on any atom is -0.507 e. The summed E-state index contributed by atoms with van der Waals surface area (Å²) in [4.78, 5) is 19.7. The summed E-state index contributed by atoms with van der Waals surface area (Å²) >= 11 is 6.31. The second kappa shape index (κ2) is 16.7.